The van der Waals surface area contributed by atoms with Gasteiger partial charge in [0.05, 0.1) is 11.9 Å². The van der Waals surface area contributed by atoms with E-state index in [4.69, 9.17) is 0 Å². The number of fused-ring (bicyclic) bond motifs is 1. The fraction of sp³-hybridized carbons (Fsp3) is 0.346. The van der Waals surface area contributed by atoms with E-state index in [0.717, 1.165) is 60.6 Å². The van der Waals surface area contributed by atoms with Gasteiger partial charge in [0.2, 0.25) is 0 Å². The highest BCUT2D eigenvalue weighted by atomic mass is 16.2. The maximum atomic E-state index is 12.7. The zero-order valence-electron chi connectivity index (χ0n) is 21.3. The molecule has 1 saturated heterocycles. The molecule has 11 heteroatoms. The highest BCUT2D eigenvalue weighted by molar-refractivity contribution is 6.04. The molecule has 11 nitrogen and oxygen atoms in total. The van der Waals surface area contributed by atoms with Crippen molar-refractivity contribution < 1.29 is 9.59 Å². The molecule has 0 radical (unpaired) electrons. The number of H-pyrrole nitrogens is 2. The second-order valence-corrected chi connectivity index (χ2v) is 9.45. The predicted molar refractivity (Wildman–Crippen MR) is 142 cm³/mol. The number of hydrogen-bond donors (Lipinski definition) is 4. The molecule has 192 valence electrons. The van der Waals surface area contributed by atoms with Gasteiger partial charge in [-0.15, -0.1) is 0 Å². The summed E-state index contributed by atoms with van der Waals surface area (Å²) in [4.78, 5) is 42.0. The molecule has 5 rings (SSSR count). The molecule has 0 aliphatic carbocycles. The zero-order chi connectivity index (χ0) is 25.9. The highest BCUT2D eigenvalue weighted by Gasteiger charge is 2.17. The van der Waals surface area contributed by atoms with Crippen LogP contribution >= 0.6 is 0 Å². The van der Waals surface area contributed by atoms with Crippen molar-refractivity contribution in [1.29, 1.82) is 0 Å². The third kappa shape index (κ3) is 5.52. The summed E-state index contributed by atoms with van der Waals surface area (Å²) in [6.07, 6.45) is 3.23. The number of pyridine rings is 2. The van der Waals surface area contributed by atoms with E-state index in [1.807, 2.05) is 32.0 Å². The second kappa shape index (κ2) is 10.5. The number of likely N-dealkylation sites (N-methyl/N-ethyl adjacent to an activating group) is 1. The van der Waals surface area contributed by atoms with Crippen molar-refractivity contribution >= 4 is 28.5 Å². The molecule has 1 aliphatic rings. The SMILES string of the molecule is Cc1[nH]nc(C(=O)Nc2cnc3[nH]c(-c4ccnc(C(=O)NCCN5CCN(C)CC5)c4)cc3c2)c1C. The van der Waals surface area contributed by atoms with E-state index in [-0.39, 0.29) is 11.8 Å². The van der Waals surface area contributed by atoms with Gasteiger partial charge in [-0.05, 0) is 45.2 Å². The van der Waals surface area contributed by atoms with Gasteiger partial charge in [-0.1, -0.05) is 0 Å². The molecule has 0 aromatic carbocycles. The van der Waals surface area contributed by atoms with Gasteiger partial charge in [0, 0.05) is 73.4 Å². The number of aryl methyl sites for hydroxylation is 1. The molecule has 5 heterocycles. The lowest BCUT2D eigenvalue weighted by Gasteiger charge is -2.32. The minimum absolute atomic E-state index is 0.195. The van der Waals surface area contributed by atoms with Crippen molar-refractivity contribution in [2.24, 2.45) is 0 Å². The number of amides is 2. The average Bonchev–Trinajstić information content (AvgIpc) is 3.48. The Morgan fingerprint density at radius 3 is 2.62 bits per heavy atom. The number of carbonyl (C=O) groups is 2. The average molecular weight is 502 g/mol. The van der Waals surface area contributed by atoms with Crippen LogP contribution < -0.4 is 10.6 Å². The monoisotopic (exact) mass is 501 g/mol. The molecule has 37 heavy (non-hydrogen) atoms. The molecule has 0 spiro atoms. The molecule has 0 bridgehead atoms. The molecule has 1 aliphatic heterocycles. The van der Waals surface area contributed by atoms with Gasteiger partial charge >= 0.3 is 0 Å². The van der Waals surface area contributed by atoms with Crippen molar-refractivity contribution in [3.63, 3.8) is 0 Å². The molecular formula is C26H31N9O2. The van der Waals surface area contributed by atoms with Crippen LogP contribution in [0.3, 0.4) is 0 Å². The van der Waals surface area contributed by atoms with Crippen LogP contribution in [0.25, 0.3) is 22.3 Å². The Bertz CT molecular complexity index is 1430. The Morgan fingerprint density at radius 2 is 1.86 bits per heavy atom. The third-order valence-electron chi connectivity index (χ3n) is 6.81. The smallest absolute Gasteiger partial charge is 0.276 e. The van der Waals surface area contributed by atoms with Crippen LogP contribution in [-0.2, 0) is 0 Å². The van der Waals surface area contributed by atoms with E-state index >= 15 is 0 Å². The van der Waals surface area contributed by atoms with Crippen LogP contribution in [-0.4, -0.2) is 93.1 Å². The Kier molecular flexibility index (Phi) is 6.97. The first-order chi connectivity index (χ1) is 17.9. The van der Waals surface area contributed by atoms with E-state index < -0.39 is 0 Å². The van der Waals surface area contributed by atoms with Gasteiger partial charge in [0.1, 0.15) is 11.3 Å². The molecular weight excluding hydrogens is 470 g/mol. The minimum Gasteiger partial charge on any atom is -0.349 e. The summed E-state index contributed by atoms with van der Waals surface area (Å²) in [5.74, 6) is -0.490. The first kappa shape index (κ1) is 24.6. The minimum atomic E-state index is -0.295. The number of aromatic amines is 2. The topological polar surface area (TPSA) is 135 Å². The normalized spacial score (nSPS) is 14.7. The number of nitrogens with one attached hydrogen (secondary N) is 4. The van der Waals surface area contributed by atoms with Gasteiger partial charge in [0.15, 0.2) is 5.69 Å². The number of carbonyl (C=O) groups excluding carboxylic acids is 2. The van der Waals surface area contributed by atoms with Crippen LogP contribution in [0, 0.1) is 13.8 Å². The Labute approximate surface area is 214 Å². The quantitative estimate of drug-likeness (QED) is 0.305. The predicted octanol–water partition coefficient (Wildman–Crippen LogP) is 2.19. The Hall–Kier alpha value is -4.09. The molecule has 0 unspecified atom stereocenters. The molecule has 1 fully saturated rings. The van der Waals surface area contributed by atoms with Gasteiger partial charge in [-0.2, -0.15) is 5.10 Å². The summed E-state index contributed by atoms with van der Waals surface area (Å²) in [5, 5.41) is 13.6. The first-order valence-electron chi connectivity index (χ1n) is 12.3. The zero-order valence-corrected chi connectivity index (χ0v) is 21.3. The molecule has 0 saturated carbocycles. The standard InChI is InChI=1S/C26H31N9O2/c1-16-17(2)32-33-23(16)26(37)30-20-12-19-14-21(31-24(19)29-15-20)18-4-5-27-22(13-18)25(36)28-6-7-35-10-8-34(3)9-11-35/h4-5,12-15H,6-11H2,1-3H3,(H,28,36)(H,29,31)(H,30,37)(H,32,33). The number of rotatable bonds is 7. The van der Waals surface area contributed by atoms with Crippen LogP contribution in [0.4, 0.5) is 5.69 Å². The van der Waals surface area contributed by atoms with Gasteiger partial charge in [0.25, 0.3) is 11.8 Å². The van der Waals surface area contributed by atoms with Crippen LogP contribution in [0.15, 0.2) is 36.7 Å². The molecule has 4 aromatic heterocycles. The lowest BCUT2D eigenvalue weighted by atomic mass is 10.1. The van der Waals surface area contributed by atoms with Crippen molar-refractivity contribution in [3.05, 3.63) is 59.3 Å². The number of hydrogen-bond acceptors (Lipinski definition) is 7. The Morgan fingerprint density at radius 1 is 1.05 bits per heavy atom. The van der Waals surface area contributed by atoms with Crippen molar-refractivity contribution in [2.75, 3.05) is 51.6 Å². The van der Waals surface area contributed by atoms with Crippen LogP contribution in [0.2, 0.25) is 0 Å². The van der Waals surface area contributed by atoms with Gasteiger partial charge in [-0.3, -0.25) is 24.6 Å². The van der Waals surface area contributed by atoms with Gasteiger partial charge in [-0.25, -0.2) is 4.98 Å². The number of piperazine rings is 1. The van der Waals surface area contributed by atoms with Crippen molar-refractivity contribution in [1.82, 2.24) is 40.3 Å². The van der Waals surface area contributed by atoms with E-state index in [9.17, 15) is 9.59 Å². The molecule has 4 aromatic rings. The summed E-state index contributed by atoms with van der Waals surface area (Å²) in [6, 6.07) is 7.40. The summed E-state index contributed by atoms with van der Waals surface area (Å²) in [7, 11) is 2.13. The number of anilines is 1. The number of nitrogens with zero attached hydrogens (tertiary/aromatic N) is 5. The van der Waals surface area contributed by atoms with Crippen molar-refractivity contribution in [2.45, 2.75) is 13.8 Å². The van der Waals surface area contributed by atoms with E-state index in [1.54, 1.807) is 18.5 Å². The van der Waals surface area contributed by atoms with Crippen LogP contribution in [0.1, 0.15) is 32.2 Å². The van der Waals surface area contributed by atoms with E-state index in [0.29, 0.717) is 29.3 Å². The Balaban J connectivity index is 1.24. The summed E-state index contributed by atoms with van der Waals surface area (Å²) in [6.45, 7) is 9.26. The van der Waals surface area contributed by atoms with E-state index in [1.165, 1.54) is 0 Å². The van der Waals surface area contributed by atoms with Crippen LogP contribution in [0.5, 0.6) is 0 Å². The lowest BCUT2D eigenvalue weighted by molar-refractivity contribution is 0.0935. The maximum Gasteiger partial charge on any atom is 0.276 e. The largest absolute Gasteiger partial charge is 0.349 e. The summed E-state index contributed by atoms with van der Waals surface area (Å²) >= 11 is 0. The third-order valence-corrected chi connectivity index (χ3v) is 6.81. The van der Waals surface area contributed by atoms with Gasteiger partial charge < -0.3 is 20.5 Å². The summed E-state index contributed by atoms with van der Waals surface area (Å²) in [5.41, 5.74) is 5.26. The summed E-state index contributed by atoms with van der Waals surface area (Å²) < 4.78 is 0. The van der Waals surface area contributed by atoms with Crippen molar-refractivity contribution in [3.8, 4) is 11.3 Å². The maximum absolute atomic E-state index is 12.7. The molecule has 4 N–H and O–H groups in total. The van der Waals surface area contributed by atoms with E-state index in [2.05, 4.69) is 52.6 Å². The fourth-order valence-electron chi connectivity index (χ4n) is 4.35. The molecule has 2 amide bonds. The molecule has 0 atom stereocenters. The highest BCUT2D eigenvalue weighted by Crippen LogP contribution is 2.25. The fourth-order valence-corrected chi connectivity index (χ4v) is 4.35. The number of aromatic nitrogens is 5. The second-order valence-electron chi connectivity index (χ2n) is 9.45. The first-order valence-corrected chi connectivity index (χ1v) is 12.3. The lowest BCUT2D eigenvalue weighted by Crippen LogP contribution is -2.46.